The van der Waals surface area contributed by atoms with Crippen LogP contribution in [0.3, 0.4) is 0 Å². The average Bonchev–Trinajstić information content (AvgIpc) is 2.19. The number of carbonyl (C=O) groups is 1. The molecule has 8 heteroatoms. The van der Waals surface area contributed by atoms with Gasteiger partial charge in [-0.15, -0.1) is 0 Å². The summed E-state index contributed by atoms with van der Waals surface area (Å²) in [6.45, 7) is 0. The van der Waals surface area contributed by atoms with Crippen LogP contribution in [-0.2, 0) is 10.0 Å². The van der Waals surface area contributed by atoms with Crippen molar-refractivity contribution in [3.05, 3.63) is 27.2 Å². The average molecular weight is 328 g/mol. The molecule has 0 aliphatic carbocycles. The molecule has 1 aromatic carbocycles. The largest absolute Gasteiger partial charge is 0.355 e. The molecule has 3 N–H and O–H groups in total. The van der Waals surface area contributed by atoms with Crippen LogP contribution in [0.4, 0.5) is 0 Å². The molecular weight excluding hydrogens is 320 g/mol. The van der Waals surface area contributed by atoms with Crippen LogP contribution in [-0.4, -0.2) is 21.4 Å². The summed E-state index contributed by atoms with van der Waals surface area (Å²) in [5.41, 5.74) is 0.0440. The van der Waals surface area contributed by atoms with Crippen LogP contribution in [0.15, 0.2) is 21.5 Å². The number of nitrogens with two attached hydrogens (primary N) is 1. The fourth-order valence-electron chi connectivity index (χ4n) is 1.03. The minimum atomic E-state index is -3.87. The summed E-state index contributed by atoms with van der Waals surface area (Å²) in [5.74, 6) is -0.490. The van der Waals surface area contributed by atoms with Gasteiger partial charge in [-0.1, -0.05) is 11.6 Å². The van der Waals surface area contributed by atoms with Crippen molar-refractivity contribution in [2.75, 3.05) is 7.05 Å². The Labute approximate surface area is 106 Å². The number of rotatable bonds is 2. The van der Waals surface area contributed by atoms with Crippen molar-refractivity contribution in [1.82, 2.24) is 5.32 Å². The number of carbonyl (C=O) groups excluding carboxylic acids is 1. The van der Waals surface area contributed by atoms with Gasteiger partial charge in [0.25, 0.3) is 5.91 Å². The third-order valence-corrected chi connectivity index (χ3v) is 3.96. The van der Waals surface area contributed by atoms with Gasteiger partial charge >= 0.3 is 0 Å². The standard InChI is InChI=1S/C8H8BrClN2O3S/c1-12-8(13)5-2-4(16(11,14)15)3-6(9)7(5)10/h2-3H,1H3,(H,12,13)(H2,11,14,15). The molecule has 0 saturated heterocycles. The first-order valence-corrected chi connectivity index (χ1v) is 6.73. The lowest BCUT2D eigenvalue weighted by molar-refractivity contribution is 0.0963. The smallest absolute Gasteiger partial charge is 0.252 e. The maximum Gasteiger partial charge on any atom is 0.252 e. The highest BCUT2D eigenvalue weighted by Gasteiger charge is 2.17. The van der Waals surface area contributed by atoms with E-state index >= 15 is 0 Å². The van der Waals surface area contributed by atoms with Crippen LogP contribution in [0.1, 0.15) is 10.4 Å². The molecule has 0 unspecified atom stereocenters. The molecule has 0 aromatic heterocycles. The van der Waals surface area contributed by atoms with Gasteiger partial charge in [0, 0.05) is 11.5 Å². The second-order valence-electron chi connectivity index (χ2n) is 2.89. The first-order valence-electron chi connectivity index (χ1n) is 4.01. The number of hydrogen-bond acceptors (Lipinski definition) is 3. The van der Waals surface area contributed by atoms with Crippen LogP contribution in [0.25, 0.3) is 0 Å². The van der Waals surface area contributed by atoms with E-state index in [0.717, 1.165) is 6.07 Å². The molecule has 88 valence electrons. The molecule has 5 nitrogen and oxygen atoms in total. The highest BCUT2D eigenvalue weighted by atomic mass is 79.9. The van der Waals surface area contributed by atoms with Gasteiger partial charge in [-0.2, -0.15) is 0 Å². The minimum absolute atomic E-state index is 0.0440. The molecule has 0 aliphatic rings. The van der Waals surface area contributed by atoms with Crippen molar-refractivity contribution < 1.29 is 13.2 Å². The maximum absolute atomic E-state index is 11.4. The summed E-state index contributed by atoms with van der Waals surface area (Å²) >= 11 is 8.90. The highest BCUT2D eigenvalue weighted by molar-refractivity contribution is 9.10. The molecule has 0 saturated carbocycles. The molecule has 0 fully saturated rings. The lowest BCUT2D eigenvalue weighted by Crippen LogP contribution is -2.20. The summed E-state index contributed by atoms with van der Waals surface area (Å²) in [7, 11) is -2.46. The normalized spacial score (nSPS) is 11.2. The van der Waals surface area contributed by atoms with Crippen molar-refractivity contribution >= 4 is 43.5 Å². The van der Waals surface area contributed by atoms with Crippen molar-refractivity contribution in [3.63, 3.8) is 0 Å². The summed E-state index contributed by atoms with van der Waals surface area (Å²) in [4.78, 5) is 11.2. The van der Waals surface area contributed by atoms with Crippen LogP contribution >= 0.6 is 27.5 Å². The van der Waals surface area contributed by atoms with E-state index in [1.165, 1.54) is 13.1 Å². The van der Waals surface area contributed by atoms with E-state index in [4.69, 9.17) is 16.7 Å². The molecule has 1 amide bonds. The summed E-state index contributed by atoms with van der Waals surface area (Å²) in [6, 6.07) is 2.37. The quantitative estimate of drug-likeness (QED) is 0.852. The van der Waals surface area contributed by atoms with Gasteiger partial charge in [0.1, 0.15) is 0 Å². The lowest BCUT2D eigenvalue weighted by atomic mass is 10.2. The fraction of sp³-hybridized carbons (Fsp3) is 0.125. The van der Waals surface area contributed by atoms with Crippen molar-refractivity contribution in [1.29, 1.82) is 0 Å². The zero-order chi connectivity index (χ0) is 12.5. The van der Waals surface area contributed by atoms with Gasteiger partial charge in [-0.05, 0) is 28.1 Å². The number of nitrogens with one attached hydrogen (secondary N) is 1. The van der Waals surface area contributed by atoms with E-state index in [2.05, 4.69) is 21.2 Å². The third-order valence-electron chi connectivity index (χ3n) is 1.80. The van der Waals surface area contributed by atoms with E-state index in [1.54, 1.807) is 0 Å². The molecule has 0 spiro atoms. The molecule has 0 heterocycles. The Hall–Kier alpha value is -0.630. The number of sulfonamides is 1. The molecule has 16 heavy (non-hydrogen) atoms. The molecule has 0 atom stereocenters. The zero-order valence-electron chi connectivity index (χ0n) is 8.12. The Morgan fingerprint density at radius 1 is 1.50 bits per heavy atom. The van der Waals surface area contributed by atoms with Crippen LogP contribution < -0.4 is 10.5 Å². The van der Waals surface area contributed by atoms with E-state index in [1.807, 2.05) is 0 Å². The second kappa shape index (κ2) is 4.70. The maximum atomic E-state index is 11.4. The Morgan fingerprint density at radius 3 is 2.50 bits per heavy atom. The monoisotopic (exact) mass is 326 g/mol. The lowest BCUT2D eigenvalue weighted by Gasteiger charge is -2.07. The first kappa shape index (κ1) is 13.4. The van der Waals surface area contributed by atoms with Gasteiger partial charge < -0.3 is 5.32 Å². The Balaban J connectivity index is 3.51. The minimum Gasteiger partial charge on any atom is -0.355 e. The zero-order valence-corrected chi connectivity index (χ0v) is 11.3. The molecule has 1 rings (SSSR count). The number of benzene rings is 1. The SMILES string of the molecule is CNC(=O)c1cc(S(N)(=O)=O)cc(Br)c1Cl. The van der Waals surface area contributed by atoms with Gasteiger partial charge in [-0.25, -0.2) is 13.6 Å². The summed E-state index contributed by atoms with van der Waals surface area (Å²) < 4.78 is 22.6. The van der Waals surface area contributed by atoms with E-state index < -0.39 is 15.9 Å². The van der Waals surface area contributed by atoms with Gasteiger partial charge in [0.05, 0.1) is 15.5 Å². The van der Waals surface area contributed by atoms with Crippen molar-refractivity contribution in [2.24, 2.45) is 5.14 Å². The number of primary sulfonamides is 1. The highest BCUT2D eigenvalue weighted by Crippen LogP contribution is 2.29. The summed E-state index contributed by atoms with van der Waals surface area (Å²) in [5, 5.41) is 7.44. The second-order valence-corrected chi connectivity index (χ2v) is 5.68. The predicted molar refractivity (Wildman–Crippen MR) is 63.9 cm³/mol. The number of hydrogen-bond donors (Lipinski definition) is 2. The third kappa shape index (κ3) is 2.73. The topological polar surface area (TPSA) is 89.3 Å². The van der Waals surface area contributed by atoms with Crippen LogP contribution in [0.2, 0.25) is 5.02 Å². The number of amides is 1. The van der Waals surface area contributed by atoms with Gasteiger partial charge in [0.15, 0.2) is 0 Å². The Kier molecular flexibility index (Phi) is 3.95. The predicted octanol–water partition coefficient (Wildman–Crippen LogP) is 1.11. The van der Waals surface area contributed by atoms with E-state index in [-0.39, 0.29) is 15.5 Å². The molecular formula is C8H8BrClN2O3S. The molecule has 0 radical (unpaired) electrons. The van der Waals surface area contributed by atoms with Crippen LogP contribution in [0, 0.1) is 0 Å². The van der Waals surface area contributed by atoms with Gasteiger partial charge in [-0.3, -0.25) is 4.79 Å². The van der Waals surface area contributed by atoms with Crippen LogP contribution in [0.5, 0.6) is 0 Å². The first-order chi connectivity index (χ1) is 7.27. The van der Waals surface area contributed by atoms with Crippen molar-refractivity contribution in [2.45, 2.75) is 4.90 Å². The van der Waals surface area contributed by atoms with Gasteiger partial charge in [0.2, 0.25) is 10.0 Å². The molecule has 0 bridgehead atoms. The Bertz CT molecular complexity index is 544. The Morgan fingerprint density at radius 2 is 2.06 bits per heavy atom. The fourth-order valence-corrected chi connectivity index (χ4v) is 2.40. The van der Waals surface area contributed by atoms with E-state index in [0.29, 0.717) is 4.47 Å². The number of halogens is 2. The molecule has 1 aromatic rings. The van der Waals surface area contributed by atoms with E-state index in [9.17, 15) is 13.2 Å². The summed E-state index contributed by atoms with van der Waals surface area (Å²) in [6.07, 6.45) is 0. The van der Waals surface area contributed by atoms with Crippen molar-refractivity contribution in [3.8, 4) is 0 Å². The molecule has 0 aliphatic heterocycles.